The zero-order valence-corrected chi connectivity index (χ0v) is 10.0. The van der Waals surface area contributed by atoms with Crippen molar-refractivity contribution < 1.29 is 4.79 Å². The van der Waals surface area contributed by atoms with Crippen LogP contribution in [-0.4, -0.2) is 5.91 Å². The average molecular weight is 225 g/mol. The maximum absolute atomic E-state index is 11.1. The van der Waals surface area contributed by atoms with Gasteiger partial charge in [-0.05, 0) is 37.1 Å². The van der Waals surface area contributed by atoms with Crippen molar-refractivity contribution in [2.75, 3.05) is 0 Å². The van der Waals surface area contributed by atoms with Crippen molar-refractivity contribution in [1.82, 2.24) is 0 Å². The average Bonchev–Trinajstić information content (AvgIpc) is 2.28. The highest BCUT2D eigenvalue weighted by atomic mass is 16.1. The molecule has 1 amide bonds. The van der Waals surface area contributed by atoms with E-state index in [2.05, 4.69) is 32.0 Å². The van der Waals surface area contributed by atoms with Gasteiger partial charge in [-0.1, -0.05) is 41.5 Å². The fourth-order valence-corrected chi connectivity index (χ4v) is 1.99. The van der Waals surface area contributed by atoms with Crippen LogP contribution in [0.2, 0.25) is 0 Å². The molecule has 17 heavy (non-hydrogen) atoms. The van der Waals surface area contributed by atoms with Crippen molar-refractivity contribution in [2.45, 2.75) is 13.8 Å². The molecule has 2 nitrogen and oxygen atoms in total. The van der Waals surface area contributed by atoms with E-state index < -0.39 is 5.91 Å². The summed E-state index contributed by atoms with van der Waals surface area (Å²) in [6, 6.07) is 13.7. The van der Waals surface area contributed by atoms with Gasteiger partial charge in [0.1, 0.15) is 0 Å². The lowest BCUT2D eigenvalue weighted by molar-refractivity contribution is 0.100. The van der Waals surface area contributed by atoms with E-state index in [9.17, 15) is 4.79 Å². The second kappa shape index (κ2) is 4.42. The van der Waals surface area contributed by atoms with Crippen molar-refractivity contribution in [3.05, 3.63) is 59.2 Å². The van der Waals surface area contributed by atoms with Crippen molar-refractivity contribution in [1.29, 1.82) is 0 Å². The summed E-state index contributed by atoms with van der Waals surface area (Å²) in [4.78, 5) is 11.1. The molecule has 0 aliphatic heterocycles. The molecule has 0 bridgehead atoms. The molecule has 0 aliphatic carbocycles. The van der Waals surface area contributed by atoms with Gasteiger partial charge < -0.3 is 5.73 Å². The molecule has 2 heteroatoms. The third-order valence-corrected chi connectivity index (χ3v) is 2.70. The summed E-state index contributed by atoms with van der Waals surface area (Å²) < 4.78 is 0. The summed E-state index contributed by atoms with van der Waals surface area (Å²) in [7, 11) is 0. The highest BCUT2D eigenvalue weighted by Gasteiger charge is 2.04. The van der Waals surface area contributed by atoms with Crippen LogP contribution in [0.1, 0.15) is 21.5 Å². The van der Waals surface area contributed by atoms with Gasteiger partial charge in [0.25, 0.3) is 0 Å². The third-order valence-electron chi connectivity index (χ3n) is 2.70. The molecule has 86 valence electrons. The van der Waals surface area contributed by atoms with Crippen LogP contribution in [0.4, 0.5) is 0 Å². The van der Waals surface area contributed by atoms with Crippen molar-refractivity contribution in [3.63, 3.8) is 0 Å². The van der Waals surface area contributed by atoms with Crippen molar-refractivity contribution in [3.8, 4) is 11.1 Å². The Kier molecular flexibility index (Phi) is 2.96. The maximum Gasteiger partial charge on any atom is 0.248 e. The Labute approximate surface area is 101 Å². The van der Waals surface area contributed by atoms with Gasteiger partial charge in [0.05, 0.1) is 0 Å². The van der Waals surface area contributed by atoms with Gasteiger partial charge >= 0.3 is 0 Å². The molecule has 0 aromatic heterocycles. The van der Waals surface area contributed by atoms with Gasteiger partial charge in [-0.25, -0.2) is 0 Å². The first-order valence-corrected chi connectivity index (χ1v) is 5.55. The van der Waals surface area contributed by atoms with Gasteiger partial charge in [-0.15, -0.1) is 0 Å². The first-order valence-electron chi connectivity index (χ1n) is 5.55. The Morgan fingerprint density at radius 2 is 1.59 bits per heavy atom. The molecule has 2 aromatic carbocycles. The largest absolute Gasteiger partial charge is 0.366 e. The fraction of sp³-hybridized carbons (Fsp3) is 0.133. The number of carbonyl (C=O) groups is 1. The number of benzene rings is 2. The quantitative estimate of drug-likeness (QED) is 0.838. The predicted octanol–water partition coefficient (Wildman–Crippen LogP) is 3.07. The van der Waals surface area contributed by atoms with E-state index in [4.69, 9.17) is 5.73 Å². The van der Waals surface area contributed by atoms with E-state index in [1.54, 1.807) is 6.07 Å². The van der Waals surface area contributed by atoms with E-state index in [-0.39, 0.29) is 0 Å². The number of amides is 1. The lowest BCUT2D eigenvalue weighted by Crippen LogP contribution is -2.10. The van der Waals surface area contributed by atoms with Crippen molar-refractivity contribution >= 4 is 5.91 Å². The summed E-state index contributed by atoms with van der Waals surface area (Å²) >= 11 is 0. The van der Waals surface area contributed by atoms with Crippen LogP contribution >= 0.6 is 0 Å². The van der Waals surface area contributed by atoms with E-state index in [1.807, 2.05) is 18.2 Å². The molecule has 2 aromatic rings. The molecule has 2 rings (SSSR count). The van der Waals surface area contributed by atoms with Crippen LogP contribution in [0, 0.1) is 13.8 Å². The molecule has 0 radical (unpaired) electrons. The Hall–Kier alpha value is -2.09. The number of aryl methyl sites for hydroxylation is 2. The lowest BCUT2D eigenvalue weighted by atomic mass is 9.99. The molecule has 0 heterocycles. The van der Waals surface area contributed by atoms with Crippen LogP contribution in [0.15, 0.2) is 42.5 Å². The summed E-state index contributed by atoms with van der Waals surface area (Å²) in [5, 5.41) is 0. The van der Waals surface area contributed by atoms with E-state index in [1.165, 1.54) is 11.1 Å². The number of primary amides is 1. The second-order valence-corrected chi connectivity index (χ2v) is 4.32. The van der Waals surface area contributed by atoms with Gasteiger partial charge in [0, 0.05) is 5.56 Å². The first kappa shape index (κ1) is 11.4. The monoisotopic (exact) mass is 225 g/mol. The van der Waals surface area contributed by atoms with Crippen LogP contribution in [-0.2, 0) is 0 Å². The third kappa shape index (κ3) is 2.53. The number of hydrogen-bond donors (Lipinski definition) is 1. The Bertz CT molecular complexity index is 553. The zero-order valence-electron chi connectivity index (χ0n) is 10.0. The SMILES string of the molecule is Cc1cc(C)cc(-c2cccc(C(N)=O)c2)c1. The van der Waals surface area contributed by atoms with Crippen LogP contribution in [0.25, 0.3) is 11.1 Å². The highest BCUT2D eigenvalue weighted by molar-refractivity contribution is 5.94. The minimum absolute atomic E-state index is 0.392. The Morgan fingerprint density at radius 1 is 0.941 bits per heavy atom. The first-order chi connectivity index (χ1) is 8.06. The number of carbonyl (C=O) groups excluding carboxylic acids is 1. The molecule has 0 spiro atoms. The van der Waals surface area contributed by atoms with Gasteiger partial charge in [-0.3, -0.25) is 4.79 Å². The van der Waals surface area contributed by atoms with E-state index >= 15 is 0 Å². The molecule has 0 saturated carbocycles. The summed E-state index contributed by atoms with van der Waals surface area (Å²) in [6.45, 7) is 4.13. The molecule has 0 fully saturated rings. The summed E-state index contributed by atoms with van der Waals surface area (Å²) in [5.41, 5.74) is 10.4. The summed E-state index contributed by atoms with van der Waals surface area (Å²) in [6.07, 6.45) is 0. The van der Waals surface area contributed by atoms with Gasteiger partial charge in [-0.2, -0.15) is 0 Å². The topological polar surface area (TPSA) is 43.1 Å². The standard InChI is InChI=1S/C15H15NO/c1-10-6-11(2)8-14(7-10)12-4-3-5-13(9-12)15(16)17/h3-9H,1-2H3,(H2,16,17). The summed E-state index contributed by atoms with van der Waals surface area (Å²) in [5.74, 6) is -0.392. The Balaban J connectivity index is 2.52. The van der Waals surface area contributed by atoms with Gasteiger partial charge in [0.2, 0.25) is 5.91 Å². The van der Waals surface area contributed by atoms with Crippen molar-refractivity contribution in [2.24, 2.45) is 5.73 Å². The Morgan fingerprint density at radius 3 is 2.18 bits per heavy atom. The predicted molar refractivity (Wildman–Crippen MR) is 69.9 cm³/mol. The minimum Gasteiger partial charge on any atom is -0.366 e. The minimum atomic E-state index is -0.392. The fourth-order valence-electron chi connectivity index (χ4n) is 1.99. The van der Waals surface area contributed by atoms with E-state index in [0.717, 1.165) is 11.1 Å². The number of hydrogen-bond acceptors (Lipinski definition) is 1. The zero-order chi connectivity index (χ0) is 12.4. The molecule has 0 unspecified atom stereocenters. The van der Waals surface area contributed by atoms with Crippen LogP contribution in [0.3, 0.4) is 0 Å². The molecular formula is C15H15NO. The maximum atomic E-state index is 11.1. The molecule has 2 N–H and O–H groups in total. The smallest absolute Gasteiger partial charge is 0.248 e. The molecule has 0 atom stereocenters. The lowest BCUT2D eigenvalue weighted by Gasteiger charge is -2.06. The van der Waals surface area contributed by atoms with Crippen LogP contribution in [0.5, 0.6) is 0 Å². The molecule has 0 saturated heterocycles. The van der Waals surface area contributed by atoms with Crippen LogP contribution < -0.4 is 5.73 Å². The normalized spacial score (nSPS) is 10.2. The molecule has 0 aliphatic rings. The molecular weight excluding hydrogens is 210 g/mol. The van der Waals surface area contributed by atoms with Gasteiger partial charge in [0.15, 0.2) is 0 Å². The second-order valence-electron chi connectivity index (χ2n) is 4.32. The number of nitrogens with two attached hydrogens (primary N) is 1. The van der Waals surface area contributed by atoms with E-state index in [0.29, 0.717) is 5.56 Å². The number of rotatable bonds is 2. The highest BCUT2D eigenvalue weighted by Crippen LogP contribution is 2.23.